The Morgan fingerprint density at radius 2 is 1.64 bits per heavy atom. The largest absolute Gasteiger partial charge is 0.369 e. The van der Waals surface area contributed by atoms with E-state index in [1.54, 1.807) is 0 Å². The fourth-order valence-corrected chi connectivity index (χ4v) is 2.21. The zero-order valence-electron chi connectivity index (χ0n) is 9.29. The molecule has 1 aliphatic heterocycles. The van der Waals surface area contributed by atoms with E-state index in [1.807, 2.05) is 0 Å². The van der Waals surface area contributed by atoms with E-state index in [4.69, 9.17) is 0 Å². The van der Waals surface area contributed by atoms with E-state index in [1.165, 1.54) is 50.3 Å². The van der Waals surface area contributed by atoms with Crippen molar-refractivity contribution in [3.8, 4) is 0 Å². The lowest BCUT2D eigenvalue weighted by molar-refractivity contribution is 0.188. The smallest absolute Gasteiger partial charge is 0.0353 e. The average molecular weight is 192 g/mol. The highest BCUT2D eigenvalue weighted by atomic mass is 15.2. The third-order valence-corrected chi connectivity index (χ3v) is 3.20. The van der Waals surface area contributed by atoms with Crippen LogP contribution in [0.2, 0.25) is 0 Å². The maximum Gasteiger partial charge on any atom is 0.0353 e. The van der Waals surface area contributed by atoms with Gasteiger partial charge in [-0.2, -0.15) is 0 Å². The molecule has 0 radical (unpaired) electrons. The molecule has 78 valence electrons. The molecule has 1 aliphatic carbocycles. The Balaban J connectivity index is 2.01. The van der Waals surface area contributed by atoms with Crippen molar-refractivity contribution >= 4 is 0 Å². The number of allylic oxidation sites excluding steroid dienone is 3. The number of likely N-dealkylation sites (N-methyl/N-ethyl adjacent to an activating group) is 1. The molecule has 0 aromatic carbocycles. The molecule has 0 saturated carbocycles. The molecule has 0 N–H and O–H groups in total. The van der Waals surface area contributed by atoms with E-state index >= 15 is 0 Å². The van der Waals surface area contributed by atoms with Crippen LogP contribution < -0.4 is 0 Å². The molecule has 1 saturated heterocycles. The minimum atomic E-state index is 1.19. The van der Waals surface area contributed by atoms with Gasteiger partial charge >= 0.3 is 0 Å². The molecular formula is C12H20N2. The molecule has 14 heavy (non-hydrogen) atoms. The maximum atomic E-state index is 2.53. The first-order valence-electron chi connectivity index (χ1n) is 5.58. The number of hydrogen-bond acceptors (Lipinski definition) is 2. The van der Waals surface area contributed by atoms with Gasteiger partial charge in [-0.3, -0.25) is 0 Å². The first kappa shape index (κ1) is 9.78. The predicted octanol–water partition coefficient (Wildman–Crippen LogP) is 1.86. The molecular weight excluding hydrogens is 172 g/mol. The zero-order chi connectivity index (χ0) is 9.97. The molecule has 2 nitrogen and oxygen atoms in total. The summed E-state index contributed by atoms with van der Waals surface area (Å²) in [5, 5.41) is 0. The SMILES string of the molecule is CC1=CCCC=C1N1CCN(C)CC1. The lowest BCUT2D eigenvalue weighted by Gasteiger charge is -2.36. The van der Waals surface area contributed by atoms with Crippen LogP contribution in [0.5, 0.6) is 0 Å². The maximum absolute atomic E-state index is 2.53. The molecule has 0 atom stereocenters. The van der Waals surface area contributed by atoms with Crippen molar-refractivity contribution in [3.05, 3.63) is 23.4 Å². The molecule has 0 unspecified atom stereocenters. The summed E-state index contributed by atoms with van der Waals surface area (Å²) in [6.07, 6.45) is 7.22. The summed E-state index contributed by atoms with van der Waals surface area (Å²) < 4.78 is 0. The Hall–Kier alpha value is -0.760. The van der Waals surface area contributed by atoms with Gasteiger partial charge in [-0.15, -0.1) is 0 Å². The first-order valence-corrected chi connectivity index (χ1v) is 5.58. The Labute approximate surface area is 86.9 Å². The molecule has 2 rings (SSSR count). The second-order valence-electron chi connectivity index (χ2n) is 4.34. The lowest BCUT2D eigenvalue weighted by atomic mass is 10.0. The highest BCUT2D eigenvalue weighted by molar-refractivity contribution is 5.31. The van der Waals surface area contributed by atoms with Crippen molar-refractivity contribution < 1.29 is 0 Å². The third kappa shape index (κ3) is 2.01. The molecule has 0 aromatic rings. The van der Waals surface area contributed by atoms with Crippen LogP contribution in [0.3, 0.4) is 0 Å². The molecule has 1 fully saturated rings. The van der Waals surface area contributed by atoms with Crippen LogP contribution in [0.4, 0.5) is 0 Å². The summed E-state index contributed by atoms with van der Waals surface area (Å²) in [7, 11) is 2.20. The highest BCUT2D eigenvalue weighted by Crippen LogP contribution is 2.22. The van der Waals surface area contributed by atoms with Gasteiger partial charge < -0.3 is 9.80 Å². The fraction of sp³-hybridized carbons (Fsp3) is 0.667. The summed E-state index contributed by atoms with van der Waals surface area (Å²) in [5.74, 6) is 0. The molecule has 0 bridgehead atoms. The topological polar surface area (TPSA) is 6.48 Å². The van der Waals surface area contributed by atoms with Crippen molar-refractivity contribution in [1.82, 2.24) is 9.80 Å². The van der Waals surface area contributed by atoms with Crippen molar-refractivity contribution in [2.75, 3.05) is 33.2 Å². The first-order chi connectivity index (χ1) is 6.77. The highest BCUT2D eigenvalue weighted by Gasteiger charge is 2.17. The van der Waals surface area contributed by atoms with E-state index < -0.39 is 0 Å². The van der Waals surface area contributed by atoms with Crippen LogP contribution in [0.25, 0.3) is 0 Å². The molecule has 1 heterocycles. The number of nitrogens with zero attached hydrogens (tertiary/aromatic N) is 2. The molecule has 0 spiro atoms. The molecule has 2 aliphatic rings. The van der Waals surface area contributed by atoms with Crippen LogP contribution in [-0.4, -0.2) is 43.0 Å². The van der Waals surface area contributed by atoms with Gasteiger partial charge in [0.2, 0.25) is 0 Å². The summed E-state index contributed by atoms with van der Waals surface area (Å²) in [6, 6.07) is 0. The quantitative estimate of drug-likeness (QED) is 0.625. The monoisotopic (exact) mass is 192 g/mol. The van der Waals surface area contributed by atoms with E-state index in [9.17, 15) is 0 Å². The van der Waals surface area contributed by atoms with Crippen LogP contribution in [0, 0.1) is 0 Å². The second-order valence-corrected chi connectivity index (χ2v) is 4.34. The minimum Gasteiger partial charge on any atom is -0.369 e. The summed E-state index contributed by atoms with van der Waals surface area (Å²) in [5.41, 5.74) is 2.96. The summed E-state index contributed by atoms with van der Waals surface area (Å²) >= 11 is 0. The fourth-order valence-electron chi connectivity index (χ4n) is 2.21. The van der Waals surface area contributed by atoms with Crippen LogP contribution >= 0.6 is 0 Å². The van der Waals surface area contributed by atoms with Gasteiger partial charge in [-0.1, -0.05) is 12.2 Å². The number of piperazine rings is 1. The van der Waals surface area contributed by atoms with Gasteiger partial charge in [0.1, 0.15) is 0 Å². The van der Waals surface area contributed by atoms with E-state index in [2.05, 4.69) is 35.9 Å². The second kappa shape index (κ2) is 4.18. The van der Waals surface area contributed by atoms with Crippen molar-refractivity contribution in [3.63, 3.8) is 0 Å². The average Bonchev–Trinajstić information content (AvgIpc) is 2.20. The lowest BCUT2D eigenvalue weighted by Crippen LogP contribution is -2.44. The normalized spacial score (nSPS) is 24.6. The van der Waals surface area contributed by atoms with Crippen LogP contribution in [0.1, 0.15) is 19.8 Å². The molecule has 0 aromatic heterocycles. The van der Waals surface area contributed by atoms with Crippen LogP contribution in [-0.2, 0) is 0 Å². The Bertz CT molecular complexity index is 257. The van der Waals surface area contributed by atoms with Gasteiger partial charge in [0, 0.05) is 31.9 Å². The van der Waals surface area contributed by atoms with E-state index in [0.717, 1.165) is 0 Å². The summed E-state index contributed by atoms with van der Waals surface area (Å²) in [4.78, 5) is 4.93. The Morgan fingerprint density at radius 1 is 1.00 bits per heavy atom. The van der Waals surface area contributed by atoms with Gasteiger partial charge in [0.05, 0.1) is 0 Å². The third-order valence-electron chi connectivity index (χ3n) is 3.20. The van der Waals surface area contributed by atoms with Crippen molar-refractivity contribution in [1.29, 1.82) is 0 Å². The van der Waals surface area contributed by atoms with Gasteiger partial charge in [-0.25, -0.2) is 0 Å². The van der Waals surface area contributed by atoms with E-state index in [0.29, 0.717) is 0 Å². The number of hydrogen-bond donors (Lipinski definition) is 0. The van der Waals surface area contributed by atoms with Gasteiger partial charge in [0.15, 0.2) is 0 Å². The van der Waals surface area contributed by atoms with Crippen LogP contribution in [0.15, 0.2) is 23.4 Å². The van der Waals surface area contributed by atoms with Gasteiger partial charge in [-0.05, 0) is 32.4 Å². The minimum absolute atomic E-state index is 1.19. The molecule has 2 heteroatoms. The number of rotatable bonds is 1. The predicted molar refractivity (Wildman–Crippen MR) is 60.1 cm³/mol. The Morgan fingerprint density at radius 3 is 2.29 bits per heavy atom. The van der Waals surface area contributed by atoms with Crippen molar-refractivity contribution in [2.45, 2.75) is 19.8 Å². The van der Waals surface area contributed by atoms with Gasteiger partial charge in [0.25, 0.3) is 0 Å². The molecule has 0 amide bonds. The van der Waals surface area contributed by atoms with E-state index in [-0.39, 0.29) is 0 Å². The summed E-state index contributed by atoms with van der Waals surface area (Å²) in [6.45, 7) is 7.01. The Kier molecular flexibility index (Phi) is 2.92. The standard InChI is InChI=1S/C12H20N2/c1-11-5-3-4-6-12(11)14-9-7-13(2)8-10-14/h5-6H,3-4,7-10H2,1-2H3. The van der Waals surface area contributed by atoms with Crippen molar-refractivity contribution in [2.24, 2.45) is 0 Å². The zero-order valence-corrected chi connectivity index (χ0v) is 9.29.